The molecule has 6 heteroatoms. The fourth-order valence-corrected chi connectivity index (χ4v) is 3.70. The van der Waals surface area contributed by atoms with Crippen LogP contribution in [0.1, 0.15) is 12.8 Å². The van der Waals surface area contributed by atoms with Crippen molar-refractivity contribution in [3.05, 3.63) is 72.9 Å². The summed E-state index contributed by atoms with van der Waals surface area (Å²) in [6.07, 6.45) is 4.20. The average molecular weight is 397 g/mol. The number of hydrogen-bond acceptors (Lipinski definition) is 6. The van der Waals surface area contributed by atoms with Crippen molar-refractivity contribution in [1.82, 2.24) is 15.0 Å². The Labute approximate surface area is 175 Å². The van der Waals surface area contributed by atoms with E-state index in [1.165, 1.54) is 0 Å². The molecule has 6 nitrogen and oxygen atoms in total. The number of anilines is 3. The summed E-state index contributed by atoms with van der Waals surface area (Å²) in [4.78, 5) is 14.0. The standard InChI is InChI=1S/C24H23N5O/c1-2-7-17(8-3-1)21-15-22(29-24(28-21)26-16-19-11-6-14-30-19)27-20-12-4-9-18-10-5-13-25-23(18)20/h1-5,7-10,12-13,15,19H,6,11,14,16H2,(H2,26,27,28,29). The van der Waals surface area contributed by atoms with Crippen molar-refractivity contribution in [3.8, 4) is 11.3 Å². The Kier molecular flexibility index (Phi) is 5.23. The van der Waals surface area contributed by atoms with Crippen LogP contribution in [0, 0.1) is 0 Å². The summed E-state index contributed by atoms with van der Waals surface area (Å²) in [5, 5.41) is 7.88. The van der Waals surface area contributed by atoms with Gasteiger partial charge in [0, 0.05) is 36.4 Å². The molecule has 5 rings (SSSR count). The number of ether oxygens (including phenoxy) is 1. The number of pyridine rings is 1. The Balaban J connectivity index is 1.48. The zero-order chi connectivity index (χ0) is 20.2. The van der Waals surface area contributed by atoms with E-state index in [4.69, 9.17) is 14.7 Å². The van der Waals surface area contributed by atoms with Gasteiger partial charge in [0.05, 0.1) is 23.0 Å². The van der Waals surface area contributed by atoms with Gasteiger partial charge in [-0.3, -0.25) is 4.98 Å². The van der Waals surface area contributed by atoms with Crippen molar-refractivity contribution in [1.29, 1.82) is 0 Å². The molecule has 1 saturated heterocycles. The largest absolute Gasteiger partial charge is 0.376 e. The molecule has 0 radical (unpaired) electrons. The number of benzene rings is 2. The van der Waals surface area contributed by atoms with Gasteiger partial charge in [0.1, 0.15) is 5.82 Å². The lowest BCUT2D eigenvalue weighted by atomic mass is 10.1. The maximum absolute atomic E-state index is 5.72. The highest BCUT2D eigenvalue weighted by molar-refractivity contribution is 5.91. The SMILES string of the molecule is c1ccc(-c2cc(Nc3cccc4cccnc34)nc(NCC3CCCO3)n2)cc1. The molecule has 2 aromatic carbocycles. The van der Waals surface area contributed by atoms with Crippen LogP contribution in [0.5, 0.6) is 0 Å². The van der Waals surface area contributed by atoms with Crippen LogP contribution in [0.4, 0.5) is 17.5 Å². The van der Waals surface area contributed by atoms with Gasteiger partial charge in [-0.2, -0.15) is 4.98 Å². The molecular weight excluding hydrogens is 374 g/mol. The molecule has 3 heterocycles. The van der Waals surface area contributed by atoms with Crippen LogP contribution in [0.3, 0.4) is 0 Å². The van der Waals surface area contributed by atoms with Crippen LogP contribution in [0.2, 0.25) is 0 Å². The zero-order valence-corrected chi connectivity index (χ0v) is 16.6. The molecule has 2 aromatic heterocycles. The zero-order valence-electron chi connectivity index (χ0n) is 16.6. The van der Waals surface area contributed by atoms with Gasteiger partial charge in [-0.25, -0.2) is 4.98 Å². The topological polar surface area (TPSA) is 72.0 Å². The van der Waals surface area contributed by atoms with Gasteiger partial charge in [0.25, 0.3) is 0 Å². The van der Waals surface area contributed by atoms with Gasteiger partial charge in [0.2, 0.25) is 5.95 Å². The quantitative estimate of drug-likeness (QED) is 0.476. The monoisotopic (exact) mass is 397 g/mol. The molecule has 4 aromatic rings. The van der Waals surface area contributed by atoms with Gasteiger partial charge in [-0.05, 0) is 25.0 Å². The molecule has 0 aliphatic carbocycles. The van der Waals surface area contributed by atoms with Crippen molar-refractivity contribution >= 4 is 28.4 Å². The lowest BCUT2D eigenvalue weighted by molar-refractivity contribution is 0.120. The molecule has 0 spiro atoms. The predicted octanol–water partition coefficient (Wildman–Crippen LogP) is 5.03. The van der Waals surface area contributed by atoms with E-state index in [0.717, 1.165) is 53.1 Å². The van der Waals surface area contributed by atoms with Gasteiger partial charge < -0.3 is 15.4 Å². The highest BCUT2D eigenvalue weighted by atomic mass is 16.5. The number of nitrogens with one attached hydrogen (secondary N) is 2. The minimum absolute atomic E-state index is 0.215. The second-order valence-electron chi connectivity index (χ2n) is 7.35. The number of hydrogen-bond donors (Lipinski definition) is 2. The third kappa shape index (κ3) is 4.09. The van der Waals surface area contributed by atoms with E-state index in [2.05, 4.69) is 39.9 Å². The molecule has 0 amide bonds. The van der Waals surface area contributed by atoms with Crippen molar-refractivity contribution in [2.75, 3.05) is 23.8 Å². The minimum atomic E-state index is 0.215. The number of aromatic nitrogens is 3. The second-order valence-corrected chi connectivity index (χ2v) is 7.35. The summed E-state index contributed by atoms with van der Waals surface area (Å²) in [6.45, 7) is 1.53. The van der Waals surface area contributed by atoms with Crippen LogP contribution >= 0.6 is 0 Å². The first kappa shape index (κ1) is 18.5. The average Bonchev–Trinajstić information content (AvgIpc) is 3.32. The molecule has 0 bridgehead atoms. The Morgan fingerprint density at radius 3 is 2.73 bits per heavy atom. The Morgan fingerprint density at radius 2 is 1.87 bits per heavy atom. The molecule has 1 aliphatic rings. The first-order valence-corrected chi connectivity index (χ1v) is 10.3. The van der Waals surface area contributed by atoms with Crippen molar-refractivity contribution in [2.24, 2.45) is 0 Å². The Morgan fingerprint density at radius 1 is 0.967 bits per heavy atom. The number of para-hydroxylation sites is 1. The van der Waals surface area contributed by atoms with E-state index >= 15 is 0 Å². The van der Waals surface area contributed by atoms with E-state index in [1.807, 2.05) is 42.5 Å². The summed E-state index contributed by atoms with van der Waals surface area (Å²) in [6, 6.07) is 22.2. The normalized spacial score (nSPS) is 15.9. The van der Waals surface area contributed by atoms with Gasteiger partial charge in [-0.15, -0.1) is 0 Å². The predicted molar refractivity (Wildman–Crippen MR) is 120 cm³/mol. The maximum atomic E-state index is 5.72. The fraction of sp³-hybridized carbons (Fsp3) is 0.208. The van der Waals surface area contributed by atoms with Gasteiger partial charge in [0.15, 0.2) is 0 Å². The number of fused-ring (bicyclic) bond motifs is 1. The summed E-state index contributed by atoms with van der Waals surface area (Å²) in [5.74, 6) is 1.30. The van der Waals surface area contributed by atoms with Crippen LogP contribution in [0.25, 0.3) is 22.2 Å². The van der Waals surface area contributed by atoms with E-state index in [0.29, 0.717) is 12.5 Å². The smallest absolute Gasteiger partial charge is 0.225 e. The first-order chi connectivity index (χ1) is 14.8. The van der Waals surface area contributed by atoms with Crippen LogP contribution in [-0.4, -0.2) is 34.2 Å². The molecule has 0 saturated carbocycles. The molecule has 1 atom stereocenters. The van der Waals surface area contributed by atoms with E-state index in [1.54, 1.807) is 6.20 Å². The highest BCUT2D eigenvalue weighted by Crippen LogP contribution is 2.27. The Bertz CT molecular complexity index is 1140. The lowest BCUT2D eigenvalue weighted by Crippen LogP contribution is -2.20. The molecule has 2 N–H and O–H groups in total. The fourth-order valence-electron chi connectivity index (χ4n) is 3.70. The van der Waals surface area contributed by atoms with Crippen LogP contribution in [-0.2, 0) is 4.74 Å². The second kappa shape index (κ2) is 8.47. The maximum Gasteiger partial charge on any atom is 0.225 e. The molecule has 1 unspecified atom stereocenters. The first-order valence-electron chi connectivity index (χ1n) is 10.3. The summed E-state index contributed by atoms with van der Waals surface area (Å²) < 4.78 is 5.72. The van der Waals surface area contributed by atoms with Crippen molar-refractivity contribution in [3.63, 3.8) is 0 Å². The van der Waals surface area contributed by atoms with Crippen molar-refractivity contribution in [2.45, 2.75) is 18.9 Å². The molecule has 30 heavy (non-hydrogen) atoms. The molecule has 150 valence electrons. The van der Waals surface area contributed by atoms with E-state index in [9.17, 15) is 0 Å². The Hall–Kier alpha value is -3.51. The van der Waals surface area contributed by atoms with E-state index < -0.39 is 0 Å². The molecular formula is C24H23N5O. The minimum Gasteiger partial charge on any atom is -0.376 e. The molecule has 1 aliphatic heterocycles. The summed E-state index contributed by atoms with van der Waals surface area (Å²) >= 11 is 0. The van der Waals surface area contributed by atoms with E-state index in [-0.39, 0.29) is 6.10 Å². The summed E-state index contributed by atoms with van der Waals surface area (Å²) in [5.41, 5.74) is 3.72. The highest BCUT2D eigenvalue weighted by Gasteiger charge is 2.16. The third-order valence-electron chi connectivity index (χ3n) is 5.20. The lowest BCUT2D eigenvalue weighted by Gasteiger charge is -2.14. The molecule has 1 fully saturated rings. The van der Waals surface area contributed by atoms with Gasteiger partial charge >= 0.3 is 0 Å². The third-order valence-corrected chi connectivity index (χ3v) is 5.20. The number of nitrogens with zero attached hydrogens (tertiary/aromatic N) is 3. The van der Waals surface area contributed by atoms with Crippen LogP contribution in [0.15, 0.2) is 72.9 Å². The van der Waals surface area contributed by atoms with Crippen LogP contribution < -0.4 is 10.6 Å². The number of rotatable bonds is 6. The van der Waals surface area contributed by atoms with Gasteiger partial charge in [-0.1, -0.05) is 48.5 Å². The van der Waals surface area contributed by atoms with Crippen molar-refractivity contribution < 1.29 is 4.74 Å². The summed E-state index contributed by atoms with van der Waals surface area (Å²) in [7, 11) is 0.